The highest BCUT2D eigenvalue weighted by atomic mass is 35.5. The van der Waals surface area contributed by atoms with E-state index in [0.717, 1.165) is 64.8 Å². The lowest BCUT2D eigenvalue weighted by Gasteiger charge is -2.21. The minimum Gasteiger partial charge on any atom is -0.459 e. The van der Waals surface area contributed by atoms with Gasteiger partial charge < -0.3 is 14.6 Å². The summed E-state index contributed by atoms with van der Waals surface area (Å²) in [6.45, 7) is 1.61. The van der Waals surface area contributed by atoms with E-state index in [2.05, 4.69) is 11.4 Å². The molecule has 1 aliphatic heterocycles. The van der Waals surface area contributed by atoms with Gasteiger partial charge in [-0.25, -0.2) is 4.98 Å². The number of hydrogen-bond acceptors (Lipinski definition) is 4. The Labute approximate surface area is 256 Å². The number of furan rings is 1. The molecule has 3 aromatic carbocycles. The molecule has 1 aliphatic rings. The number of fused-ring (bicyclic) bond motifs is 1. The second kappa shape index (κ2) is 13.1. The van der Waals surface area contributed by atoms with Crippen LogP contribution in [0.15, 0.2) is 102 Å². The maximum absolute atomic E-state index is 13.3. The van der Waals surface area contributed by atoms with Crippen LogP contribution in [0.5, 0.6) is 0 Å². The molecule has 1 N–H and O–H groups in total. The second-order valence-electron chi connectivity index (χ2n) is 10.8. The molecular weight excluding hydrogens is 558 g/mol. The fourth-order valence-electron chi connectivity index (χ4n) is 5.56. The first kappa shape index (κ1) is 28.4. The van der Waals surface area contributed by atoms with Crippen LogP contribution >= 0.6 is 11.6 Å². The smallest absolute Gasteiger partial charge is 0.287 e. The number of carbonyl (C=O) groups excluding carboxylic acids is 2. The van der Waals surface area contributed by atoms with E-state index in [-0.39, 0.29) is 23.6 Å². The number of amides is 2. The number of pyridine rings is 1. The molecule has 0 bridgehead atoms. The first-order valence-electron chi connectivity index (χ1n) is 14.6. The molecular formula is C36H32ClN3O3. The molecule has 6 rings (SSSR count). The summed E-state index contributed by atoms with van der Waals surface area (Å²) in [7, 11) is 0. The number of likely N-dealkylation sites (tertiary alicyclic amines) is 1. The van der Waals surface area contributed by atoms with Gasteiger partial charge in [0, 0.05) is 29.1 Å². The van der Waals surface area contributed by atoms with Crippen molar-refractivity contribution in [3.63, 3.8) is 0 Å². The topological polar surface area (TPSA) is 75.4 Å². The summed E-state index contributed by atoms with van der Waals surface area (Å²) < 4.78 is 5.36. The van der Waals surface area contributed by atoms with E-state index in [1.807, 2.05) is 89.8 Å². The summed E-state index contributed by atoms with van der Waals surface area (Å²) >= 11 is 6.17. The van der Waals surface area contributed by atoms with E-state index in [4.69, 9.17) is 21.0 Å². The van der Waals surface area contributed by atoms with Gasteiger partial charge in [-0.15, -0.1) is 0 Å². The molecule has 1 unspecified atom stereocenters. The molecule has 43 heavy (non-hydrogen) atoms. The van der Waals surface area contributed by atoms with Crippen molar-refractivity contribution in [3.05, 3.63) is 136 Å². The molecule has 3 heterocycles. The molecule has 5 aromatic rings. The molecule has 0 saturated carbocycles. The Kier molecular flexibility index (Phi) is 8.66. The number of nitrogens with one attached hydrogen (secondary N) is 1. The van der Waals surface area contributed by atoms with Crippen LogP contribution in [0, 0.1) is 0 Å². The zero-order chi connectivity index (χ0) is 29.6. The van der Waals surface area contributed by atoms with E-state index < -0.39 is 0 Å². The van der Waals surface area contributed by atoms with Gasteiger partial charge in [0.1, 0.15) is 0 Å². The van der Waals surface area contributed by atoms with Gasteiger partial charge in [0.15, 0.2) is 5.76 Å². The number of hydrogen-bond donors (Lipinski definition) is 1. The lowest BCUT2D eigenvalue weighted by molar-refractivity contribution is 0.0790. The van der Waals surface area contributed by atoms with Crippen LogP contribution in [0.4, 0.5) is 0 Å². The van der Waals surface area contributed by atoms with Crippen molar-refractivity contribution in [2.75, 3.05) is 13.1 Å². The zero-order valence-corrected chi connectivity index (χ0v) is 24.5. The molecule has 2 amide bonds. The quantitative estimate of drug-likeness (QED) is 0.189. The van der Waals surface area contributed by atoms with Crippen LogP contribution in [-0.2, 0) is 6.42 Å². The molecule has 7 heteroatoms. The van der Waals surface area contributed by atoms with Crippen molar-refractivity contribution >= 4 is 46.5 Å². The van der Waals surface area contributed by atoms with Gasteiger partial charge >= 0.3 is 0 Å². The number of halogens is 1. The van der Waals surface area contributed by atoms with Crippen molar-refractivity contribution in [2.45, 2.75) is 31.7 Å². The monoisotopic (exact) mass is 589 g/mol. The highest BCUT2D eigenvalue weighted by molar-refractivity contribution is 6.31. The summed E-state index contributed by atoms with van der Waals surface area (Å²) in [6, 6.07) is 28.6. The van der Waals surface area contributed by atoms with Gasteiger partial charge in [-0.3, -0.25) is 9.59 Å². The molecule has 2 aromatic heterocycles. The number of aromatic nitrogens is 1. The number of benzene rings is 3. The maximum atomic E-state index is 13.3. The lowest BCUT2D eigenvalue weighted by atomic mass is 9.94. The predicted molar refractivity (Wildman–Crippen MR) is 171 cm³/mol. The molecule has 6 nitrogen and oxygen atoms in total. The van der Waals surface area contributed by atoms with E-state index in [1.54, 1.807) is 12.1 Å². The molecule has 216 valence electrons. The predicted octanol–water partition coefficient (Wildman–Crippen LogP) is 7.99. The number of nitrogens with zero attached hydrogens (tertiary/aromatic N) is 2. The Balaban J connectivity index is 1.24. The summed E-state index contributed by atoms with van der Waals surface area (Å²) in [6.07, 6.45) is 8.80. The van der Waals surface area contributed by atoms with E-state index >= 15 is 0 Å². The lowest BCUT2D eigenvalue weighted by Crippen LogP contribution is -2.30. The normalized spacial score (nSPS) is 13.9. The van der Waals surface area contributed by atoms with Gasteiger partial charge in [-0.2, -0.15) is 0 Å². The molecule has 1 fully saturated rings. The average molecular weight is 590 g/mol. The minimum atomic E-state index is -0.304. The third-order valence-electron chi connectivity index (χ3n) is 7.83. The first-order chi connectivity index (χ1) is 21.0. The van der Waals surface area contributed by atoms with Gasteiger partial charge in [0.25, 0.3) is 11.8 Å². The highest BCUT2D eigenvalue weighted by Crippen LogP contribution is 2.25. The first-order valence-corrected chi connectivity index (χ1v) is 15.0. The number of rotatable bonds is 9. The van der Waals surface area contributed by atoms with Crippen LogP contribution in [0.1, 0.15) is 68.6 Å². The van der Waals surface area contributed by atoms with Crippen molar-refractivity contribution in [3.8, 4) is 0 Å². The Morgan fingerprint density at radius 1 is 0.930 bits per heavy atom. The van der Waals surface area contributed by atoms with Gasteiger partial charge in [0.05, 0.1) is 23.5 Å². The van der Waals surface area contributed by atoms with Crippen molar-refractivity contribution in [2.24, 2.45) is 0 Å². The summed E-state index contributed by atoms with van der Waals surface area (Å²) in [5.74, 6) is 0.0607. The van der Waals surface area contributed by atoms with Crippen molar-refractivity contribution in [1.29, 1.82) is 0 Å². The van der Waals surface area contributed by atoms with Crippen molar-refractivity contribution < 1.29 is 14.0 Å². The number of carbonyl (C=O) groups is 2. The SMILES string of the molecule is O=C(NC(CCc1ccccc1C(=O)N1CCCC1)c1cccc(/C=C/c2ccc3ccc(Cl)cc3n2)c1)c1ccco1. The second-order valence-corrected chi connectivity index (χ2v) is 11.2. The zero-order valence-electron chi connectivity index (χ0n) is 23.7. The fraction of sp³-hybridized carbons (Fsp3) is 0.194. The largest absolute Gasteiger partial charge is 0.459 e. The maximum Gasteiger partial charge on any atom is 0.287 e. The standard InChI is InChI=1S/C36H32ClN3O3/c37-29-16-13-27-14-18-30(38-33(27)24-29)17-12-25-7-5-9-28(23-25)32(39-35(41)34-11-6-22-43-34)19-15-26-8-1-2-10-31(26)36(42)40-20-3-4-21-40/h1-2,5-14,16-18,22-24,32H,3-4,15,19-21H2,(H,39,41)/b17-12+. The average Bonchev–Trinajstić information content (AvgIpc) is 3.77. The van der Waals surface area contributed by atoms with Gasteiger partial charge in [0.2, 0.25) is 0 Å². The summed E-state index contributed by atoms with van der Waals surface area (Å²) in [4.78, 5) is 33.0. The Morgan fingerprint density at radius 3 is 2.60 bits per heavy atom. The third-order valence-corrected chi connectivity index (χ3v) is 8.06. The van der Waals surface area contributed by atoms with Crippen LogP contribution < -0.4 is 5.32 Å². The van der Waals surface area contributed by atoms with Gasteiger partial charge in [-0.05, 0) is 90.9 Å². The Hall–Kier alpha value is -4.68. The van der Waals surface area contributed by atoms with Crippen LogP contribution in [0.25, 0.3) is 23.1 Å². The molecule has 0 aliphatic carbocycles. The molecule has 1 atom stereocenters. The molecule has 0 spiro atoms. The van der Waals surface area contributed by atoms with Crippen LogP contribution in [0.2, 0.25) is 5.02 Å². The van der Waals surface area contributed by atoms with E-state index in [0.29, 0.717) is 17.9 Å². The highest BCUT2D eigenvalue weighted by Gasteiger charge is 2.23. The van der Waals surface area contributed by atoms with Gasteiger partial charge in [-0.1, -0.05) is 66.2 Å². The molecule has 0 radical (unpaired) electrons. The van der Waals surface area contributed by atoms with E-state index in [1.165, 1.54) is 6.26 Å². The van der Waals surface area contributed by atoms with E-state index in [9.17, 15) is 9.59 Å². The van der Waals surface area contributed by atoms with Crippen molar-refractivity contribution in [1.82, 2.24) is 15.2 Å². The fourth-order valence-corrected chi connectivity index (χ4v) is 5.72. The molecule has 1 saturated heterocycles. The summed E-state index contributed by atoms with van der Waals surface area (Å²) in [5.41, 5.74) is 5.32. The van der Waals surface area contributed by atoms with Crippen LogP contribution in [0.3, 0.4) is 0 Å². The third kappa shape index (κ3) is 6.87. The van der Waals surface area contributed by atoms with Crippen LogP contribution in [-0.4, -0.2) is 34.8 Å². The Bertz CT molecular complexity index is 1770. The number of aryl methyl sites for hydroxylation is 1. The summed E-state index contributed by atoms with van der Waals surface area (Å²) in [5, 5.41) is 4.84. The minimum absolute atomic E-state index is 0.0842. The Morgan fingerprint density at radius 2 is 1.77 bits per heavy atom.